The largest absolute Gasteiger partial charge is 0.496 e. The van der Waals surface area contributed by atoms with Crippen LogP contribution in [0.25, 0.3) is 11.1 Å². The molecule has 126 valence electrons. The van der Waals surface area contributed by atoms with Gasteiger partial charge < -0.3 is 14.5 Å². The van der Waals surface area contributed by atoms with Gasteiger partial charge in [-0.05, 0) is 31.5 Å². The van der Waals surface area contributed by atoms with Gasteiger partial charge in [0, 0.05) is 53.6 Å². The van der Waals surface area contributed by atoms with Crippen LogP contribution in [0, 0.1) is 6.92 Å². The highest BCUT2D eigenvalue weighted by Gasteiger charge is 2.25. The monoisotopic (exact) mass is 343 g/mol. The molecule has 0 N–H and O–H groups in total. The predicted molar refractivity (Wildman–Crippen MR) is 98.0 cm³/mol. The van der Waals surface area contributed by atoms with Gasteiger partial charge in [0.15, 0.2) is 0 Å². The van der Waals surface area contributed by atoms with E-state index in [4.69, 9.17) is 16.3 Å². The highest BCUT2D eigenvalue weighted by molar-refractivity contribution is 6.32. The van der Waals surface area contributed by atoms with E-state index in [2.05, 4.69) is 41.2 Å². The third-order valence-corrected chi connectivity index (χ3v) is 4.90. The van der Waals surface area contributed by atoms with E-state index >= 15 is 0 Å². The van der Waals surface area contributed by atoms with Crippen molar-refractivity contribution in [1.29, 1.82) is 0 Å². The number of benzene rings is 1. The number of pyridine rings is 1. The number of nitrogens with zero attached hydrogens (tertiary/aromatic N) is 3. The molecule has 0 fully saturated rings. The lowest BCUT2D eigenvalue weighted by Gasteiger charge is -2.29. The second-order valence-corrected chi connectivity index (χ2v) is 6.52. The molecule has 5 heteroatoms. The van der Waals surface area contributed by atoms with Crippen molar-refractivity contribution < 1.29 is 4.74 Å². The maximum Gasteiger partial charge on any atom is 0.132 e. The van der Waals surface area contributed by atoms with Gasteiger partial charge in [0.1, 0.15) is 5.75 Å². The van der Waals surface area contributed by atoms with E-state index in [1.54, 1.807) is 13.3 Å². The molecule has 3 rings (SSSR count). The fourth-order valence-electron chi connectivity index (χ4n) is 3.11. The van der Waals surface area contributed by atoms with Gasteiger partial charge in [-0.2, -0.15) is 0 Å². The molecule has 1 atom stereocenters. The summed E-state index contributed by atoms with van der Waals surface area (Å²) in [5.41, 5.74) is 4.10. The van der Waals surface area contributed by atoms with Gasteiger partial charge in [0.2, 0.25) is 0 Å². The average Bonchev–Trinajstić information content (AvgIpc) is 3.03. The van der Waals surface area contributed by atoms with E-state index in [0.29, 0.717) is 0 Å². The molecule has 1 aromatic carbocycles. The minimum Gasteiger partial charge on any atom is -0.496 e. The van der Waals surface area contributed by atoms with Crippen molar-refractivity contribution in [2.45, 2.75) is 19.9 Å². The van der Waals surface area contributed by atoms with Crippen LogP contribution in [-0.2, 0) is 0 Å². The molecule has 1 aliphatic heterocycles. The van der Waals surface area contributed by atoms with Crippen molar-refractivity contribution in [2.24, 2.45) is 0 Å². The molecular weight excluding hydrogens is 322 g/mol. The van der Waals surface area contributed by atoms with Crippen molar-refractivity contribution in [3.8, 4) is 16.9 Å². The number of rotatable bonds is 4. The second kappa shape index (κ2) is 6.73. The van der Waals surface area contributed by atoms with Crippen LogP contribution in [0.4, 0.5) is 0 Å². The van der Waals surface area contributed by atoms with Crippen LogP contribution in [0.5, 0.6) is 5.75 Å². The Morgan fingerprint density at radius 2 is 2.12 bits per heavy atom. The van der Waals surface area contributed by atoms with Gasteiger partial charge in [-0.25, -0.2) is 0 Å². The van der Waals surface area contributed by atoms with E-state index in [0.717, 1.165) is 39.7 Å². The van der Waals surface area contributed by atoms with E-state index < -0.39 is 0 Å². The zero-order valence-corrected chi connectivity index (χ0v) is 15.2. The van der Waals surface area contributed by atoms with Crippen LogP contribution in [-0.4, -0.2) is 35.6 Å². The summed E-state index contributed by atoms with van der Waals surface area (Å²) < 4.78 is 5.82. The summed E-state index contributed by atoms with van der Waals surface area (Å²) in [5.74, 6) is 0.861. The first kappa shape index (κ1) is 16.7. The van der Waals surface area contributed by atoms with E-state index in [1.165, 1.54) is 0 Å². The van der Waals surface area contributed by atoms with Crippen LogP contribution in [0.2, 0.25) is 5.02 Å². The van der Waals surface area contributed by atoms with Crippen molar-refractivity contribution in [3.63, 3.8) is 0 Å². The normalized spacial score (nSPS) is 15.0. The van der Waals surface area contributed by atoms with E-state index in [-0.39, 0.29) is 6.04 Å². The minimum atomic E-state index is 0.148. The third-order valence-electron chi connectivity index (χ3n) is 4.51. The van der Waals surface area contributed by atoms with Crippen LogP contribution < -0.4 is 4.74 Å². The van der Waals surface area contributed by atoms with Crippen molar-refractivity contribution in [3.05, 3.63) is 59.1 Å². The van der Waals surface area contributed by atoms with Crippen LogP contribution in [0.3, 0.4) is 0 Å². The zero-order valence-electron chi connectivity index (χ0n) is 14.5. The highest BCUT2D eigenvalue weighted by atomic mass is 35.5. The van der Waals surface area contributed by atoms with Gasteiger partial charge in [-0.15, -0.1) is 0 Å². The Bertz CT molecular complexity index is 761. The molecule has 4 nitrogen and oxygen atoms in total. The van der Waals surface area contributed by atoms with Crippen molar-refractivity contribution in [1.82, 2.24) is 14.8 Å². The molecule has 0 radical (unpaired) electrons. The highest BCUT2D eigenvalue weighted by Crippen LogP contribution is 2.43. The van der Waals surface area contributed by atoms with Gasteiger partial charge >= 0.3 is 0 Å². The van der Waals surface area contributed by atoms with E-state index in [9.17, 15) is 0 Å². The fourth-order valence-corrected chi connectivity index (χ4v) is 3.33. The molecule has 1 unspecified atom stereocenters. The summed E-state index contributed by atoms with van der Waals surface area (Å²) in [7, 11) is 3.77. The molecule has 2 heterocycles. The fraction of sp³-hybridized carbons (Fsp3) is 0.316. The Kier molecular flexibility index (Phi) is 4.67. The number of hydrogen-bond acceptors (Lipinski definition) is 4. The molecule has 2 aromatic rings. The lowest BCUT2D eigenvalue weighted by molar-refractivity contribution is 0.240. The van der Waals surface area contributed by atoms with Crippen molar-refractivity contribution in [2.75, 3.05) is 20.8 Å². The molecule has 0 spiro atoms. The molecule has 0 aliphatic carbocycles. The third kappa shape index (κ3) is 2.94. The van der Waals surface area contributed by atoms with Crippen LogP contribution in [0.15, 0.2) is 43.0 Å². The lowest BCUT2D eigenvalue weighted by atomic mass is 9.94. The Balaban J connectivity index is 2.14. The first-order chi connectivity index (χ1) is 11.5. The van der Waals surface area contributed by atoms with Crippen molar-refractivity contribution >= 4 is 11.6 Å². The predicted octanol–water partition coefficient (Wildman–Crippen LogP) is 4.46. The Labute approximate surface area is 148 Å². The summed E-state index contributed by atoms with van der Waals surface area (Å²) >= 11 is 6.55. The summed E-state index contributed by atoms with van der Waals surface area (Å²) in [4.78, 5) is 8.64. The molecular formula is C19H22ClN3O. The summed E-state index contributed by atoms with van der Waals surface area (Å²) in [5, 5.41) is 0.744. The molecule has 24 heavy (non-hydrogen) atoms. The Hall–Kier alpha value is -2.20. The second-order valence-electron chi connectivity index (χ2n) is 6.11. The van der Waals surface area contributed by atoms with Gasteiger partial charge in [-0.3, -0.25) is 4.98 Å². The van der Waals surface area contributed by atoms with Gasteiger partial charge in [-0.1, -0.05) is 17.7 Å². The van der Waals surface area contributed by atoms with Crippen LogP contribution >= 0.6 is 11.6 Å². The lowest BCUT2D eigenvalue weighted by Crippen LogP contribution is -2.25. The first-order valence-corrected chi connectivity index (χ1v) is 8.32. The molecule has 1 aliphatic rings. The zero-order chi connectivity index (χ0) is 17.3. The molecule has 1 aromatic heterocycles. The summed E-state index contributed by atoms with van der Waals surface area (Å²) in [6.07, 6.45) is 7.78. The average molecular weight is 344 g/mol. The van der Waals surface area contributed by atoms with Crippen LogP contribution in [0.1, 0.15) is 24.1 Å². The number of ether oxygens (including phenoxy) is 1. The quantitative estimate of drug-likeness (QED) is 0.819. The number of halogens is 1. The van der Waals surface area contributed by atoms with E-state index in [1.807, 2.05) is 31.3 Å². The number of aromatic nitrogens is 1. The summed E-state index contributed by atoms with van der Waals surface area (Å²) in [6.45, 7) is 5.03. The minimum absolute atomic E-state index is 0.148. The Morgan fingerprint density at radius 3 is 2.71 bits per heavy atom. The SMILES string of the molecule is COc1c(C(C)N2C=CN(C)C2)cc(Cl)c(C)c1-c1cccnc1. The van der Waals surface area contributed by atoms with Gasteiger partial charge in [0.05, 0.1) is 19.8 Å². The molecule has 0 saturated carbocycles. The smallest absolute Gasteiger partial charge is 0.132 e. The topological polar surface area (TPSA) is 28.6 Å². The maximum atomic E-state index is 6.55. The molecule has 0 saturated heterocycles. The number of methoxy groups -OCH3 is 1. The standard InChI is InChI=1S/C19H22ClN3O/c1-13-17(20)10-16(14(2)23-9-8-22(3)12-23)19(24-4)18(13)15-6-5-7-21-11-15/h5-11,14H,12H2,1-4H3. The molecule has 0 bridgehead atoms. The maximum absolute atomic E-state index is 6.55. The molecule has 0 amide bonds. The number of hydrogen-bond donors (Lipinski definition) is 0. The first-order valence-electron chi connectivity index (χ1n) is 7.94. The van der Waals surface area contributed by atoms with Gasteiger partial charge in [0.25, 0.3) is 0 Å². The Morgan fingerprint density at radius 1 is 1.33 bits per heavy atom. The summed E-state index contributed by atoms with van der Waals surface area (Å²) in [6, 6.07) is 6.13.